The molecule has 3 heterocycles. The SMILES string of the molecule is CC1([C@H]2CC[C@H]3[C@@H]4C[C@@H]5O[C@@]56CC5(CC[C@]6(C)[C@H]4[C@@H](O)C[C@]23C)OCCO5)OCCO1. The zero-order valence-corrected chi connectivity index (χ0v) is 19.2. The van der Waals surface area contributed by atoms with E-state index in [4.69, 9.17) is 23.7 Å². The monoisotopic (exact) mass is 434 g/mol. The zero-order valence-electron chi connectivity index (χ0n) is 19.2. The quantitative estimate of drug-likeness (QED) is 0.639. The van der Waals surface area contributed by atoms with Crippen molar-refractivity contribution in [3.05, 3.63) is 0 Å². The second-order valence-electron chi connectivity index (χ2n) is 12.3. The zero-order chi connectivity index (χ0) is 21.3. The van der Waals surface area contributed by atoms with Crippen molar-refractivity contribution in [3.63, 3.8) is 0 Å². The highest BCUT2D eigenvalue weighted by Gasteiger charge is 2.80. The molecule has 0 amide bonds. The third-order valence-corrected chi connectivity index (χ3v) is 11.3. The van der Waals surface area contributed by atoms with Crippen LogP contribution in [0.25, 0.3) is 0 Å². The first-order valence-electron chi connectivity index (χ1n) is 12.7. The Morgan fingerprint density at radius 1 is 0.871 bits per heavy atom. The Kier molecular flexibility index (Phi) is 3.94. The van der Waals surface area contributed by atoms with E-state index in [0.717, 1.165) is 38.5 Å². The molecule has 3 saturated heterocycles. The molecule has 0 aromatic heterocycles. The van der Waals surface area contributed by atoms with Gasteiger partial charge in [-0.2, -0.15) is 0 Å². The van der Waals surface area contributed by atoms with Crippen LogP contribution >= 0.6 is 0 Å². The first-order valence-corrected chi connectivity index (χ1v) is 12.7. The van der Waals surface area contributed by atoms with E-state index in [1.807, 2.05) is 0 Å². The number of epoxide rings is 1. The lowest BCUT2D eigenvalue weighted by atomic mass is 9.43. The summed E-state index contributed by atoms with van der Waals surface area (Å²) in [6, 6.07) is 0. The van der Waals surface area contributed by atoms with E-state index in [1.165, 1.54) is 6.42 Å². The Hall–Kier alpha value is -0.240. The number of hydrogen-bond acceptors (Lipinski definition) is 6. The second kappa shape index (κ2) is 6.05. The van der Waals surface area contributed by atoms with E-state index in [2.05, 4.69) is 20.8 Å². The predicted octanol–water partition coefficient (Wildman–Crippen LogP) is 3.25. The van der Waals surface area contributed by atoms with Crippen LogP contribution < -0.4 is 0 Å². The lowest BCUT2D eigenvalue weighted by molar-refractivity contribution is -0.249. The average molecular weight is 435 g/mol. The van der Waals surface area contributed by atoms with Gasteiger partial charge in [-0.1, -0.05) is 13.8 Å². The Morgan fingerprint density at radius 2 is 1.58 bits per heavy atom. The molecule has 2 spiro atoms. The molecule has 0 unspecified atom stereocenters. The van der Waals surface area contributed by atoms with Crippen LogP contribution in [0.4, 0.5) is 0 Å². The number of hydrogen-bond donors (Lipinski definition) is 1. The molecule has 174 valence electrons. The molecule has 6 nitrogen and oxygen atoms in total. The van der Waals surface area contributed by atoms with Crippen LogP contribution in [0.5, 0.6) is 0 Å². The van der Waals surface area contributed by atoms with E-state index in [0.29, 0.717) is 50.1 Å². The second-order valence-corrected chi connectivity index (χ2v) is 12.3. The number of ether oxygens (including phenoxy) is 5. The summed E-state index contributed by atoms with van der Waals surface area (Å²) in [5.74, 6) is 0.804. The van der Waals surface area contributed by atoms with Crippen LogP contribution in [0.1, 0.15) is 65.7 Å². The van der Waals surface area contributed by atoms with Crippen molar-refractivity contribution >= 4 is 0 Å². The van der Waals surface area contributed by atoms with Crippen LogP contribution in [-0.2, 0) is 23.7 Å². The Morgan fingerprint density at radius 3 is 2.32 bits per heavy atom. The highest BCUT2D eigenvalue weighted by Crippen LogP contribution is 2.75. The van der Waals surface area contributed by atoms with Crippen molar-refractivity contribution in [2.75, 3.05) is 26.4 Å². The van der Waals surface area contributed by atoms with Crippen LogP contribution in [0, 0.1) is 34.5 Å². The Labute approximate surface area is 185 Å². The third-order valence-electron chi connectivity index (χ3n) is 11.3. The molecule has 4 saturated carbocycles. The van der Waals surface area contributed by atoms with Crippen LogP contribution in [0.3, 0.4) is 0 Å². The molecule has 0 bridgehead atoms. The van der Waals surface area contributed by atoms with Crippen molar-refractivity contribution in [2.24, 2.45) is 34.5 Å². The first-order chi connectivity index (χ1) is 14.8. The lowest BCUT2D eigenvalue weighted by Gasteiger charge is -2.62. The van der Waals surface area contributed by atoms with Gasteiger partial charge in [0.05, 0.1) is 38.6 Å². The molecular weight excluding hydrogens is 396 g/mol. The number of rotatable bonds is 1. The molecule has 0 aromatic carbocycles. The maximum atomic E-state index is 11.8. The molecule has 31 heavy (non-hydrogen) atoms. The summed E-state index contributed by atoms with van der Waals surface area (Å²) in [5, 5.41) is 11.8. The first kappa shape index (κ1) is 20.2. The molecule has 7 rings (SSSR count). The number of fused-ring (bicyclic) bond motifs is 4. The number of aliphatic hydroxyl groups is 1. The topological polar surface area (TPSA) is 69.7 Å². The fraction of sp³-hybridized carbons (Fsp3) is 1.00. The summed E-state index contributed by atoms with van der Waals surface area (Å²) in [6.07, 6.45) is 7.01. The molecule has 0 aromatic rings. The van der Waals surface area contributed by atoms with Gasteiger partial charge in [-0.25, -0.2) is 0 Å². The van der Waals surface area contributed by atoms with Gasteiger partial charge in [-0.3, -0.25) is 0 Å². The highest BCUT2D eigenvalue weighted by molar-refractivity contribution is 5.26. The Balaban J connectivity index is 1.22. The van der Waals surface area contributed by atoms with Crippen molar-refractivity contribution in [1.82, 2.24) is 0 Å². The fourth-order valence-electron chi connectivity index (χ4n) is 10.1. The van der Waals surface area contributed by atoms with E-state index in [1.54, 1.807) is 0 Å². The molecule has 6 heteroatoms. The summed E-state index contributed by atoms with van der Waals surface area (Å²) in [4.78, 5) is 0. The standard InChI is InChI=1S/C25H38O6/c1-21-13-17(26)20-15(16(21)4-5-18(21)23(3)27-8-9-28-23)12-19-25(31-19)14-24(29-10-11-30-24)7-6-22(20,25)2/h15-20,26H,4-14H2,1-3H3/t15-,16-,17-,18-,19-,20+,21-,22+,25-/m0/s1. The van der Waals surface area contributed by atoms with Gasteiger partial charge in [0.25, 0.3) is 0 Å². The Bertz CT molecular complexity index is 774. The van der Waals surface area contributed by atoms with Crippen LogP contribution in [0.15, 0.2) is 0 Å². The summed E-state index contributed by atoms with van der Waals surface area (Å²) < 4.78 is 31.1. The van der Waals surface area contributed by atoms with Gasteiger partial charge < -0.3 is 28.8 Å². The van der Waals surface area contributed by atoms with Gasteiger partial charge >= 0.3 is 0 Å². The molecule has 7 fully saturated rings. The summed E-state index contributed by atoms with van der Waals surface area (Å²) in [7, 11) is 0. The van der Waals surface area contributed by atoms with Crippen molar-refractivity contribution < 1.29 is 28.8 Å². The third kappa shape index (κ3) is 2.35. The minimum Gasteiger partial charge on any atom is -0.393 e. The van der Waals surface area contributed by atoms with Gasteiger partial charge in [0, 0.05) is 24.2 Å². The van der Waals surface area contributed by atoms with E-state index >= 15 is 0 Å². The van der Waals surface area contributed by atoms with Crippen LogP contribution in [0.2, 0.25) is 0 Å². The normalized spacial score (nSPS) is 58.5. The highest BCUT2D eigenvalue weighted by atomic mass is 16.7. The molecule has 0 radical (unpaired) electrons. The van der Waals surface area contributed by atoms with E-state index in [9.17, 15) is 5.11 Å². The van der Waals surface area contributed by atoms with Crippen molar-refractivity contribution in [2.45, 2.75) is 95.1 Å². The van der Waals surface area contributed by atoms with E-state index in [-0.39, 0.29) is 28.6 Å². The summed E-state index contributed by atoms with van der Waals surface area (Å²) in [5.41, 5.74) is -0.129. The van der Waals surface area contributed by atoms with Gasteiger partial charge in [0.1, 0.15) is 5.60 Å². The molecule has 1 N–H and O–H groups in total. The summed E-state index contributed by atoms with van der Waals surface area (Å²) in [6.45, 7) is 9.72. The molecule has 9 atom stereocenters. The van der Waals surface area contributed by atoms with Crippen molar-refractivity contribution in [1.29, 1.82) is 0 Å². The molecule has 3 aliphatic heterocycles. The van der Waals surface area contributed by atoms with Crippen LogP contribution in [-0.4, -0.2) is 60.9 Å². The largest absolute Gasteiger partial charge is 0.393 e. The minimum atomic E-state index is -0.497. The fourth-order valence-corrected chi connectivity index (χ4v) is 10.1. The van der Waals surface area contributed by atoms with Gasteiger partial charge in [0.15, 0.2) is 11.6 Å². The van der Waals surface area contributed by atoms with Crippen molar-refractivity contribution in [3.8, 4) is 0 Å². The number of aliphatic hydroxyl groups excluding tert-OH is 1. The van der Waals surface area contributed by atoms with Gasteiger partial charge in [-0.05, 0) is 62.2 Å². The average Bonchev–Trinajstić information content (AvgIpc) is 3.08. The van der Waals surface area contributed by atoms with Gasteiger partial charge in [-0.15, -0.1) is 0 Å². The lowest BCUT2D eigenvalue weighted by Crippen LogP contribution is -2.65. The summed E-state index contributed by atoms with van der Waals surface area (Å²) >= 11 is 0. The molecule has 7 aliphatic rings. The maximum absolute atomic E-state index is 11.8. The van der Waals surface area contributed by atoms with E-state index < -0.39 is 11.6 Å². The van der Waals surface area contributed by atoms with Gasteiger partial charge in [0.2, 0.25) is 0 Å². The minimum absolute atomic E-state index is 0.00969. The smallest absolute Gasteiger partial charge is 0.171 e. The predicted molar refractivity (Wildman–Crippen MR) is 111 cm³/mol. The maximum Gasteiger partial charge on any atom is 0.171 e. The molecular formula is C25H38O6. The molecule has 4 aliphatic carbocycles.